The standard InChI is InChI=1S/C11H9F2NO2/c1-2-16-11(15)7(6-14)10-8(12)4-3-5-9(10)13/h3-5,7H,2H2,1H3/t7-/m0/s1. The second-order valence-electron chi connectivity index (χ2n) is 2.95. The van der Waals surface area contributed by atoms with Gasteiger partial charge in [0.2, 0.25) is 0 Å². The Balaban J connectivity index is 3.15. The minimum absolute atomic E-state index is 0.0487. The number of nitriles is 1. The van der Waals surface area contributed by atoms with Crippen LogP contribution in [0.4, 0.5) is 8.78 Å². The van der Waals surface area contributed by atoms with Crippen molar-refractivity contribution in [1.29, 1.82) is 5.26 Å². The number of hydrogen-bond donors (Lipinski definition) is 0. The van der Waals surface area contributed by atoms with Crippen LogP contribution in [0.2, 0.25) is 0 Å². The summed E-state index contributed by atoms with van der Waals surface area (Å²) < 4.78 is 31.1. The smallest absolute Gasteiger partial charge is 0.328 e. The number of benzene rings is 1. The Morgan fingerprint density at radius 1 is 1.50 bits per heavy atom. The molecular weight excluding hydrogens is 216 g/mol. The number of ether oxygens (including phenoxy) is 1. The summed E-state index contributed by atoms with van der Waals surface area (Å²) in [6.07, 6.45) is 0. The highest BCUT2D eigenvalue weighted by Gasteiger charge is 2.27. The normalized spacial score (nSPS) is 11.6. The van der Waals surface area contributed by atoms with Crippen LogP contribution in [0.1, 0.15) is 18.4 Å². The molecule has 1 aromatic rings. The summed E-state index contributed by atoms with van der Waals surface area (Å²) >= 11 is 0. The Hall–Kier alpha value is -1.96. The van der Waals surface area contributed by atoms with Gasteiger partial charge in [-0.1, -0.05) is 6.07 Å². The number of hydrogen-bond acceptors (Lipinski definition) is 3. The van der Waals surface area contributed by atoms with Gasteiger partial charge in [0.15, 0.2) is 5.92 Å². The number of esters is 1. The van der Waals surface area contributed by atoms with Crippen LogP contribution in [0.3, 0.4) is 0 Å². The Labute approximate surface area is 91.3 Å². The first-order valence-electron chi connectivity index (χ1n) is 4.62. The molecule has 0 bridgehead atoms. The van der Waals surface area contributed by atoms with Crippen molar-refractivity contribution in [1.82, 2.24) is 0 Å². The summed E-state index contributed by atoms with van der Waals surface area (Å²) in [6, 6.07) is 4.67. The predicted octanol–water partition coefficient (Wildman–Crippen LogP) is 2.14. The predicted molar refractivity (Wildman–Crippen MR) is 51.3 cm³/mol. The number of halogens is 2. The SMILES string of the molecule is CCOC(=O)[C@@H](C#N)c1c(F)cccc1F. The van der Waals surface area contributed by atoms with Crippen LogP contribution >= 0.6 is 0 Å². The Morgan fingerprint density at radius 3 is 2.50 bits per heavy atom. The van der Waals surface area contributed by atoms with E-state index in [0.29, 0.717) is 0 Å². The monoisotopic (exact) mass is 225 g/mol. The van der Waals surface area contributed by atoms with Gasteiger partial charge in [-0.3, -0.25) is 4.79 Å². The summed E-state index contributed by atoms with van der Waals surface area (Å²) in [6.45, 7) is 1.59. The Kier molecular flexibility index (Phi) is 3.95. The Morgan fingerprint density at radius 2 is 2.06 bits per heavy atom. The fourth-order valence-corrected chi connectivity index (χ4v) is 1.25. The summed E-state index contributed by atoms with van der Waals surface area (Å²) in [5.74, 6) is -4.38. The van der Waals surface area contributed by atoms with E-state index in [2.05, 4.69) is 4.74 Å². The molecule has 0 heterocycles. The van der Waals surface area contributed by atoms with Gasteiger partial charge < -0.3 is 4.74 Å². The third kappa shape index (κ3) is 2.34. The van der Waals surface area contributed by atoms with Crippen molar-refractivity contribution in [3.05, 3.63) is 35.4 Å². The topological polar surface area (TPSA) is 50.1 Å². The number of carbonyl (C=O) groups is 1. The molecule has 0 spiro atoms. The van der Waals surface area contributed by atoms with Gasteiger partial charge in [0.05, 0.1) is 18.2 Å². The fourth-order valence-electron chi connectivity index (χ4n) is 1.25. The molecule has 0 amide bonds. The van der Waals surface area contributed by atoms with E-state index in [4.69, 9.17) is 5.26 Å². The van der Waals surface area contributed by atoms with Crippen molar-refractivity contribution in [3.63, 3.8) is 0 Å². The zero-order valence-electron chi connectivity index (χ0n) is 8.54. The van der Waals surface area contributed by atoms with E-state index in [1.54, 1.807) is 6.92 Å². The minimum Gasteiger partial charge on any atom is -0.465 e. The van der Waals surface area contributed by atoms with E-state index in [-0.39, 0.29) is 6.61 Å². The maximum Gasteiger partial charge on any atom is 0.328 e. The van der Waals surface area contributed by atoms with E-state index < -0.39 is 29.1 Å². The molecule has 0 fully saturated rings. The molecule has 0 N–H and O–H groups in total. The molecule has 1 rings (SSSR count). The van der Waals surface area contributed by atoms with Gasteiger partial charge in [0.25, 0.3) is 0 Å². The lowest BCUT2D eigenvalue weighted by Gasteiger charge is -2.10. The fraction of sp³-hybridized carbons (Fsp3) is 0.273. The van der Waals surface area contributed by atoms with Crippen LogP contribution in [-0.2, 0) is 9.53 Å². The van der Waals surface area contributed by atoms with E-state index in [1.807, 2.05) is 0 Å². The highest BCUT2D eigenvalue weighted by Crippen LogP contribution is 2.23. The van der Waals surface area contributed by atoms with Gasteiger partial charge in [0.1, 0.15) is 11.6 Å². The molecule has 0 unspecified atom stereocenters. The maximum absolute atomic E-state index is 13.3. The summed E-state index contributed by atoms with van der Waals surface area (Å²) in [4.78, 5) is 11.3. The molecule has 0 saturated heterocycles. The minimum atomic E-state index is -1.57. The summed E-state index contributed by atoms with van der Waals surface area (Å²) in [5.41, 5.74) is -0.566. The van der Waals surface area contributed by atoms with Crippen molar-refractivity contribution in [2.45, 2.75) is 12.8 Å². The first-order chi connectivity index (χ1) is 7.61. The van der Waals surface area contributed by atoms with Crippen LogP contribution in [-0.4, -0.2) is 12.6 Å². The summed E-state index contributed by atoms with van der Waals surface area (Å²) in [5, 5.41) is 8.74. The number of carbonyl (C=O) groups excluding carboxylic acids is 1. The van der Waals surface area contributed by atoms with Gasteiger partial charge in [0, 0.05) is 0 Å². The van der Waals surface area contributed by atoms with E-state index in [1.165, 1.54) is 6.07 Å². The largest absolute Gasteiger partial charge is 0.465 e. The van der Waals surface area contributed by atoms with E-state index in [9.17, 15) is 13.6 Å². The molecule has 0 aliphatic carbocycles. The van der Waals surface area contributed by atoms with Gasteiger partial charge in [-0.2, -0.15) is 5.26 Å². The van der Waals surface area contributed by atoms with Crippen molar-refractivity contribution < 1.29 is 18.3 Å². The van der Waals surface area contributed by atoms with E-state index in [0.717, 1.165) is 18.2 Å². The zero-order chi connectivity index (χ0) is 12.1. The second-order valence-corrected chi connectivity index (χ2v) is 2.95. The first-order valence-corrected chi connectivity index (χ1v) is 4.62. The lowest BCUT2D eigenvalue weighted by atomic mass is 9.99. The molecule has 84 valence electrons. The third-order valence-corrected chi connectivity index (χ3v) is 1.94. The van der Waals surface area contributed by atoms with Crippen LogP contribution < -0.4 is 0 Å². The quantitative estimate of drug-likeness (QED) is 0.740. The highest BCUT2D eigenvalue weighted by atomic mass is 19.1. The van der Waals surface area contributed by atoms with Crippen molar-refractivity contribution in [2.24, 2.45) is 0 Å². The Bertz CT molecular complexity index is 420. The third-order valence-electron chi connectivity index (χ3n) is 1.94. The molecule has 1 aromatic carbocycles. The van der Waals surface area contributed by atoms with Crippen molar-refractivity contribution >= 4 is 5.97 Å². The van der Waals surface area contributed by atoms with Crippen LogP contribution in [0.15, 0.2) is 18.2 Å². The molecular formula is C11H9F2NO2. The molecule has 0 radical (unpaired) electrons. The average Bonchev–Trinajstić information content (AvgIpc) is 2.24. The lowest BCUT2D eigenvalue weighted by molar-refractivity contribution is -0.143. The second kappa shape index (κ2) is 5.21. The maximum atomic E-state index is 13.3. The van der Waals surface area contributed by atoms with Gasteiger partial charge in [-0.15, -0.1) is 0 Å². The lowest BCUT2D eigenvalue weighted by Crippen LogP contribution is -2.17. The highest BCUT2D eigenvalue weighted by molar-refractivity contribution is 5.81. The number of nitrogens with zero attached hydrogens (tertiary/aromatic N) is 1. The zero-order valence-corrected chi connectivity index (χ0v) is 8.54. The van der Waals surface area contributed by atoms with Crippen molar-refractivity contribution in [2.75, 3.05) is 6.61 Å². The molecule has 3 nitrogen and oxygen atoms in total. The van der Waals surface area contributed by atoms with E-state index >= 15 is 0 Å². The van der Waals surface area contributed by atoms with Gasteiger partial charge in [-0.25, -0.2) is 8.78 Å². The van der Waals surface area contributed by atoms with Crippen molar-refractivity contribution in [3.8, 4) is 6.07 Å². The first kappa shape index (κ1) is 12.1. The van der Waals surface area contributed by atoms with Crippen LogP contribution in [0.5, 0.6) is 0 Å². The van der Waals surface area contributed by atoms with Crippen LogP contribution in [0.25, 0.3) is 0 Å². The molecule has 0 saturated carbocycles. The molecule has 5 heteroatoms. The molecule has 0 aliphatic rings. The van der Waals surface area contributed by atoms with Gasteiger partial charge >= 0.3 is 5.97 Å². The molecule has 1 atom stereocenters. The average molecular weight is 225 g/mol. The summed E-state index contributed by atoms with van der Waals surface area (Å²) in [7, 11) is 0. The van der Waals surface area contributed by atoms with Crippen LogP contribution in [0, 0.1) is 23.0 Å². The molecule has 16 heavy (non-hydrogen) atoms. The number of rotatable bonds is 3. The molecule has 0 aromatic heterocycles. The van der Waals surface area contributed by atoms with Gasteiger partial charge in [-0.05, 0) is 19.1 Å². The molecule has 0 aliphatic heterocycles.